The molecular weight excluding hydrogens is 358 g/mol. The van der Waals surface area contributed by atoms with Crippen LogP contribution < -0.4 is 9.80 Å². The SMILES string of the molecule is CCC1CCCCN1c1ccnc(N2CCN(C/C=C/c3ccccc3)CC2)n1. The highest BCUT2D eigenvalue weighted by atomic mass is 15.3. The van der Waals surface area contributed by atoms with Crippen LogP contribution in [0.5, 0.6) is 0 Å². The summed E-state index contributed by atoms with van der Waals surface area (Å²) in [6, 6.07) is 13.2. The first-order chi connectivity index (χ1) is 14.3. The zero-order valence-electron chi connectivity index (χ0n) is 17.6. The van der Waals surface area contributed by atoms with Crippen molar-refractivity contribution in [2.75, 3.05) is 49.1 Å². The lowest BCUT2D eigenvalue weighted by Gasteiger charge is -2.37. The van der Waals surface area contributed by atoms with E-state index in [-0.39, 0.29) is 0 Å². The van der Waals surface area contributed by atoms with E-state index in [2.05, 4.69) is 75.2 Å². The van der Waals surface area contributed by atoms with Crippen molar-refractivity contribution >= 4 is 17.8 Å². The molecule has 0 N–H and O–H groups in total. The Morgan fingerprint density at radius 3 is 2.62 bits per heavy atom. The molecule has 29 heavy (non-hydrogen) atoms. The molecule has 1 atom stereocenters. The first-order valence-electron chi connectivity index (χ1n) is 11.1. The summed E-state index contributed by atoms with van der Waals surface area (Å²) in [5, 5.41) is 0. The molecule has 0 saturated carbocycles. The fourth-order valence-electron chi connectivity index (χ4n) is 4.41. The molecule has 2 aromatic rings. The second kappa shape index (κ2) is 9.88. The minimum atomic E-state index is 0.625. The van der Waals surface area contributed by atoms with Crippen LogP contribution in [-0.4, -0.2) is 60.2 Å². The number of aromatic nitrogens is 2. The Kier molecular flexibility index (Phi) is 6.78. The van der Waals surface area contributed by atoms with Gasteiger partial charge in [-0.25, -0.2) is 4.98 Å². The molecule has 0 radical (unpaired) electrons. The monoisotopic (exact) mass is 391 g/mol. The predicted molar refractivity (Wildman–Crippen MR) is 121 cm³/mol. The van der Waals surface area contributed by atoms with E-state index in [0.717, 1.165) is 51.0 Å². The molecule has 4 rings (SSSR count). The van der Waals surface area contributed by atoms with Crippen molar-refractivity contribution in [1.29, 1.82) is 0 Å². The summed E-state index contributed by atoms with van der Waals surface area (Å²) >= 11 is 0. The lowest BCUT2D eigenvalue weighted by atomic mass is 10.0. The van der Waals surface area contributed by atoms with Gasteiger partial charge in [-0.3, -0.25) is 4.90 Å². The van der Waals surface area contributed by atoms with E-state index in [0.29, 0.717) is 6.04 Å². The molecule has 0 bridgehead atoms. The Balaban J connectivity index is 1.32. The van der Waals surface area contributed by atoms with Gasteiger partial charge in [-0.15, -0.1) is 0 Å². The van der Waals surface area contributed by atoms with Crippen LogP contribution in [0.25, 0.3) is 6.08 Å². The molecule has 1 aromatic carbocycles. The quantitative estimate of drug-likeness (QED) is 0.741. The second-order valence-electron chi connectivity index (χ2n) is 8.07. The van der Waals surface area contributed by atoms with Gasteiger partial charge in [0, 0.05) is 51.5 Å². The molecule has 2 fully saturated rings. The highest BCUT2D eigenvalue weighted by Crippen LogP contribution is 2.26. The van der Waals surface area contributed by atoms with E-state index in [1.54, 1.807) is 0 Å². The van der Waals surface area contributed by atoms with E-state index in [1.165, 1.54) is 31.2 Å². The van der Waals surface area contributed by atoms with Gasteiger partial charge in [-0.05, 0) is 37.3 Å². The molecule has 3 heterocycles. The van der Waals surface area contributed by atoms with Gasteiger partial charge in [-0.2, -0.15) is 4.98 Å². The minimum absolute atomic E-state index is 0.625. The first-order valence-corrected chi connectivity index (χ1v) is 11.1. The number of anilines is 2. The smallest absolute Gasteiger partial charge is 0.227 e. The van der Waals surface area contributed by atoms with Gasteiger partial charge in [-0.1, -0.05) is 49.4 Å². The molecule has 0 spiro atoms. The van der Waals surface area contributed by atoms with Crippen LogP contribution in [-0.2, 0) is 0 Å². The summed E-state index contributed by atoms with van der Waals surface area (Å²) in [6.45, 7) is 8.48. The van der Waals surface area contributed by atoms with Crippen LogP contribution in [0.4, 0.5) is 11.8 Å². The van der Waals surface area contributed by atoms with Gasteiger partial charge in [0.1, 0.15) is 5.82 Å². The average Bonchev–Trinajstić information content (AvgIpc) is 2.80. The van der Waals surface area contributed by atoms with Crippen molar-refractivity contribution in [3.63, 3.8) is 0 Å². The molecule has 2 aliphatic heterocycles. The van der Waals surface area contributed by atoms with Gasteiger partial charge in [0.25, 0.3) is 0 Å². The van der Waals surface area contributed by atoms with Crippen LogP contribution in [0, 0.1) is 0 Å². The molecule has 5 heteroatoms. The standard InChI is InChI=1S/C24H33N5/c1-2-22-12-6-7-16-29(22)23-13-14-25-24(26-23)28-19-17-27(18-20-28)15-8-11-21-9-4-3-5-10-21/h3-5,8-11,13-14,22H,2,6-7,12,15-20H2,1H3/b11-8+. The minimum Gasteiger partial charge on any atom is -0.353 e. The zero-order chi connectivity index (χ0) is 19.9. The van der Waals surface area contributed by atoms with Gasteiger partial charge in [0.2, 0.25) is 5.95 Å². The second-order valence-corrected chi connectivity index (χ2v) is 8.07. The van der Waals surface area contributed by atoms with E-state index < -0.39 is 0 Å². The summed E-state index contributed by atoms with van der Waals surface area (Å²) in [5.41, 5.74) is 1.26. The lowest BCUT2D eigenvalue weighted by Crippen LogP contribution is -2.47. The molecule has 1 aromatic heterocycles. The number of piperazine rings is 1. The van der Waals surface area contributed by atoms with Gasteiger partial charge >= 0.3 is 0 Å². The normalized spacial score (nSPS) is 21.1. The first kappa shape index (κ1) is 19.9. The molecule has 2 saturated heterocycles. The Bertz CT molecular complexity index is 783. The number of hydrogen-bond donors (Lipinski definition) is 0. The molecule has 2 aliphatic rings. The molecule has 1 unspecified atom stereocenters. The van der Waals surface area contributed by atoms with Crippen molar-refractivity contribution in [2.24, 2.45) is 0 Å². The summed E-state index contributed by atoms with van der Waals surface area (Å²) < 4.78 is 0. The molecule has 5 nitrogen and oxygen atoms in total. The van der Waals surface area contributed by atoms with Crippen LogP contribution in [0.3, 0.4) is 0 Å². The van der Waals surface area contributed by atoms with E-state index in [9.17, 15) is 0 Å². The Morgan fingerprint density at radius 1 is 1.00 bits per heavy atom. The van der Waals surface area contributed by atoms with E-state index in [4.69, 9.17) is 4.98 Å². The zero-order valence-corrected chi connectivity index (χ0v) is 17.6. The van der Waals surface area contributed by atoms with Gasteiger partial charge in [0.15, 0.2) is 0 Å². The molecule has 154 valence electrons. The number of piperidine rings is 1. The van der Waals surface area contributed by atoms with Crippen molar-refractivity contribution in [3.8, 4) is 0 Å². The third-order valence-electron chi connectivity index (χ3n) is 6.15. The summed E-state index contributed by atoms with van der Waals surface area (Å²) in [4.78, 5) is 16.9. The predicted octanol–water partition coefficient (Wildman–Crippen LogP) is 4.08. The third-order valence-corrected chi connectivity index (χ3v) is 6.15. The Morgan fingerprint density at radius 2 is 1.83 bits per heavy atom. The highest BCUT2D eigenvalue weighted by Gasteiger charge is 2.24. The molecule has 0 aliphatic carbocycles. The Labute approximate surface area is 175 Å². The maximum Gasteiger partial charge on any atom is 0.227 e. The van der Waals surface area contributed by atoms with Crippen LogP contribution >= 0.6 is 0 Å². The molecule has 0 amide bonds. The number of benzene rings is 1. The van der Waals surface area contributed by atoms with Crippen LogP contribution in [0.1, 0.15) is 38.2 Å². The number of rotatable bonds is 6. The lowest BCUT2D eigenvalue weighted by molar-refractivity contribution is 0.283. The average molecular weight is 392 g/mol. The fraction of sp³-hybridized carbons (Fsp3) is 0.500. The molecular formula is C24H33N5. The Hall–Kier alpha value is -2.40. The summed E-state index contributed by atoms with van der Waals surface area (Å²) in [6.07, 6.45) is 11.5. The van der Waals surface area contributed by atoms with Crippen molar-refractivity contribution in [3.05, 3.63) is 54.2 Å². The van der Waals surface area contributed by atoms with Crippen LogP contribution in [0.15, 0.2) is 48.7 Å². The fourth-order valence-corrected chi connectivity index (χ4v) is 4.41. The topological polar surface area (TPSA) is 35.5 Å². The summed E-state index contributed by atoms with van der Waals surface area (Å²) in [7, 11) is 0. The maximum absolute atomic E-state index is 4.95. The van der Waals surface area contributed by atoms with Crippen LogP contribution in [0.2, 0.25) is 0 Å². The highest BCUT2D eigenvalue weighted by molar-refractivity contribution is 5.49. The third kappa shape index (κ3) is 5.15. The van der Waals surface area contributed by atoms with Gasteiger partial charge < -0.3 is 9.80 Å². The van der Waals surface area contributed by atoms with Crippen molar-refractivity contribution in [2.45, 2.75) is 38.6 Å². The largest absolute Gasteiger partial charge is 0.353 e. The van der Waals surface area contributed by atoms with Crippen molar-refractivity contribution < 1.29 is 0 Å². The van der Waals surface area contributed by atoms with Crippen molar-refractivity contribution in [1.82, 2.24) is 14.9 Å². The van der Waals surface area contributed by atoms with E-state index >= 15 is 0 Å². The maximum atomic E-state index is 4.95. The number of nitrogens with zero attached hydrogens (tertiary/aromatic N) is 5. The summed E-state index contributed by atoms with van der Waals surface area (Å²) in [5.74, 6) is 2.00. The van der Waals surface area contributed by atoms with E-state index in [1.807, 2.05) is 6.20 Å². The number of hydrogen-bond acceptors (Lipinski definition) is 5. The van der Waals surface area contributed by atoms with Gasteiger partial charge in [0.05, 0.1) is 0 Å².